The van der Waals surface area contributed by atoms with Gasteiger partial charge in [0.15, 0.2) is 0 Å². The maximum Gasteiger partial charge on any atom is 0.327 e. The van der Waals surface area contributed by atoms with Gasteiger partial charge in [0.25, 0.3) is 0 Å². The van der Waals surface area contributed by atoms with Gasteiger partial charge in [-0.2, -0.15) is 0 Å². The van der Waals surface area contributed by atoms with Crippen LogP contribution in [0.1, 0.15) is 27.7 Å². The van der Waals surface area contributed by atoms with Crippen LogP contribution in [-0.4, -0.2) is 45.1 Å². The summed E-state index contributed by atoms with van der Waals surface area (Å²) in [4.78, 5) is 24.9. The summed E-state index contributed by atoms with van der Waals surface area (Å²) in [6.07, 6.45) is 0. The molecule has 0 aliphatic carbocycles. The van der Waals surface area contributed by atoms with E-state index in [-0.39, 0.29) is 5.91 Å². The quantitative estimate of drug-likeness (QED) is 0.782. The molecule has 1 aliphatic heterocycles. The van der Waals surface area contributed by atoms with Crippen LogP contribution in [0.5, 0.6) is 0 Å². The van der Waals surface area contributed by atoms with Crippen molar-refractivity contribution in [3.63, 3.8) is 0 Å². The molecule has 3 N–H and O–H groups in total. The molecule has 5 nitrogen and oxygen atoms in total. The number of thioether (sulfide) groups is 1. The van der Waals surface area contributed by atoms with Crippen LogP contribution < -0.4 is 5.73 Å². The molecule has 1 saturated heterocycles. The molecule has 0 spiro atoms. The fourth-order valence-corrected chi connectivity index (χ4v) is 2.63. The molecule has 1 fully saturated rings. The Balaban J connectivity index is 2.94. The van der Waals surface area contributed by atoms with Crippen LogP contribution in [0.3, 0.4) is 0 Å². The van der Waals surface area contributed by atoms with E-state index in [1.165, 1.54) is 16.7 Å². The maximum absolute atomic E-state index is 12.4. The van der Waals surface area contributed by atoms with E-state index in [9.17, 15) is 9.59 Å². The van der Waals surface area contributed by atoms with Crippen molar-refractivity contribution in [2.24, 2.45) is 11.1 Å². The Labute approximate surface area is 106 Å². The average Bonchev–Trinajstić information content (AvgIpc) is 2.62. The Morgan fingerprint density at radius 2 is 1.88 bits per heavy atom. The predicted molar refractivity (Wildman–Crippen MR) is 67.6 cm³/mol. The molecule has 0 radical (unpaired) electrons. The van der Waals surface area contributed by atoms with Crippen molar-refractivity contribution in [2.75, 3.05) is 11.6 Å². The lowest BCUT2D eigenvalue weighted by Gasteiger charge is -2.40. The standard InChI is InChI=1S/C11H20N2O3S/c1-10(2,11(3,4)12)9(16)13-6-17-5-7(13)8(14)15/h7H,5-6,12H2,1-4H3,(H,14,15). The number of aliphatic carboxylic acids is 1. The highest BCUT2D eigenvalue weighted by Crippen LogP contribution is 2.34. The zero-order valence-electron chi connectivity index (χ0n) is 10.7. The van der Waals surface area contributed by atoms with Crippen LogP contribution in [-0.2, 0) is 9.59 Å². The minimum absolute atomic E-state index is 0.192. The summed E-state index contributed by atoms with van der Waals surface area (Å²) in [6, 6.07) is -0.728. The van der Waals surface area contributed by atoms with Gasteiger partial charge in [0.2, 0.25) is 5.91 Å². The van der Waals surface area contributed by atoms with E-state index < -0.39 is 23.0 Å². The molecule has 1 heterocycles. The summed E-state index contributed by atoms with van der Waals surface area (Å²) in [5.41, 5.74) is 4.52. The molecule has 0 aromatic rings. The predicted octanol–water partition coefficient (Wildman–Crippen LogP) is 0.736. The normalized spacial score (nSPS) is 21.7. The van der Waals surface area contributed by atoms with E-state index in [2.05, 4.69) is 0 Å². The second kappa shape index (κ2) is 4.49. The van der Waals surface area contributed by atoms with E-state index in [4.69, 9.17) is 10.8 Å². The number of carboxylic acids is 1. The maximum atomic E-state index is 12.4. The molecule has 17 heavy (non-hydrogen) atoms. The van der Waals surface area contributed by atoms with Gasteiger partial charge >= 0.3 is 5.97 Å². The molecule has 6 heteroatoms. The summed E-state index contributed by atoms with van der Waals surface area (Å²) >= 11 is 1.46. The number of hydrogen-bond donors (Lipinski definition) is 2. The Morgan fingerprint density at radius 1 is 1.35 bits per heavy atom. The lowest BCUT2D eigenvalue weighted by atomic mass is 9.74. The van der Waals surface area contributed by atoms with Gasteiger partial charge in [-0.25, -0.2) is 4.79 Å². The molecule has 1 aliphatic rings. The third-order valence-electron chi connectivity index (χ3n) is 3.57. The van der Waals surface area contributed by atoms with Gasteiger partial charge in [0, 0.05) is 11.3 Å². The first-order valence-corrected chi connectivity index (χ1v) is 6.65. The molecule has 0 aromatic heterocycles. The van der Waals surface area contributed by atoms with Gasteiger partial charge in [0.05, 0.1) is 11.3 Å². The first-order chi connectivity index (χ1) is 7.59. The van der Waals surface area contributed by atoms with Crippen molar-refractivity contribution in [3.8, 4) is 0 Å². The van der Waals surface area contributed by atoms with Crippen molar-refractivity contribution in [1.29, 1.82) is 0 Å². The van der Waals surface area contributed by atoms with E-state index >= 15 is 0 Å². The van der Waals surface area contributed by atoms with E-state index in [1.807, 2.05) is 0 Å². The summed E-state index contributed by atoms with van der Waals surface area (Å²) in [7, 11) is 0. The van der Waals surface area contributed by atoms with Crippen molar-refractivity contribution < 1.29 is 14.7 Å². The fourth-order valence-electron chi connectivity index (χ4n) is 1.48. The molecular formula is C11H20N2O3S. The van der Waals surface area contributed by atoms with Crippen LogP contribution in [0.25, 0.3) is 0 Å². The summed E-state index contributed by atoms with van der Waals surface area (Å²) in [6.45, 7) is 7.09. The number of amides is 1. The highest BCUT2D eigenvalue weighted by Gasteiger charge is 2.47. The van der Waals surface area contributed by atoms with E-state index in [0.29, 0.717) is 11.6 Å². The number of rotatable bonds is 3. The first kappa shape index (κ1) is 14.3. The van der Waals surface area contributed by atoms with Crippen LogP contribution in [0, 0.1) is 5.41 Å². The average molecular weight is 260 g/mol. The van der Waals surface area contributed by atoms with Crippen molar-refractivity contribution in [2.45, 2.75) is 39.3 Å². The zero-order valence-corrected chi connectivity index (χ0v) is 11.5. The SMILES string of the molecule is CC(C)(N)C(C)(C)C(=O)N1CSCC1C(=O)O. The van der Waals surface area contributed by atoms with Gasteiger partial charge in [-0.3, -0.25) is 4.79 Å². The molecule has 1 amide bonds. The minimum Gasteiger partial charge on any atom is -0.480 e. The molecule has 98 valence electrons. The van der Waals surface area contributed by atoms with Crippen LogP contribution in [0.2, 0.25) is 0 Å². The van der Waals surface area contributed by atoms with Crippen molar-refractivity contribution in [1.82, 2.24) is 4.90 Å². The minimum atomic E-state index is -0.950. The highest BCUT2D eigenvalue weighted by atomic mass is 32.2. The van der Waals surface area contributed by atoms with Crippen molar-refractivity contribution in [3.05, 3.63) is 0 Å². The number of carboxylic acid groups (broad SMARTS) is 1. The van der Waals surface area contributed by atoms with Crippen LogP contribution >= 0.6 is 11.8 Å². The van der Waals surface area contributed by atoms with Gasteiger partial charge in [-0.15, -0.1) is 11.8 Å². The molecule has 1 atom stereocenters. The molecule has 0 bridgehead atoms. The van der Waals surface area contributed by atoms with E-state index in [0.717, 1.165) is 0 Å². The fraction of sp³-hybridized carbons (Fsp3) is 0.818. The van der Waals surface area contributed by atoms with Crippen LogP contribution in [0.15, 0.2) is 0 Å². The topological polar surface area (TPSA) is 83.6 Å². The third-order valence-corrected chi connectivity index (χ3v) is 4.59. The van der Waals surface area contributed by atoms with Crippen LogP contribution in [0.4, 0.5) is 0 Å². The smallest absolute Gasteiger partial charge is 0.327 e. The zero-order chi connectivity index (χ0) is 13.4. The number of hydrogen-bond acceptors (Lipinski definition) is 4. The summed E-state index contributed by atoms with van der Waals surface area (Å²) in [5.74, 6) is -0.270. The molecule has 1 rings (SSSR count). The molecular weight excluding hydrogens is 240 g/mol. The molecule has 1 unspecified atom stereocenters. The number of carbonyl (C=O) groups is 2. The number of carbonyl (C=O) groups excluding carboxylic acids is 1. The monoisotopic (exact) mass is 260 g/mol. The molecule has 0 aromatic carbocycles. The summed E-state index contributed by atoms with van der Waals surface area (Å²) in [5, 5.41) is 9.06. The Bertz CT molecular complexity index is 336. The first-order valence-electron chi connectivity index (χ1n) is 5.49. The second-order valence-corrected chi connectivity index (χ2v) is 6.48. The highest BCUT2D eigenvalue weighted by molar-refractivity contribution is 7.99. The number of nitrogens with zero attached hydrogens (tertiary/aromatic N) is 1. The largest absolute Gasteiger partial charge is 0.480 e. The summed E-state index contributed by atoms with van der Waals surface area (Å²) < 4.78 is 0. The third kappa shape index (κ3) is 2.57. The van der Waals surface area contributed by atoms with E-state index in [1.54, 1.807) is 27.7 Å². The second-order valence-electron chi connectivity index (χ2n) is 5.48. The van der Waals surface area contributed by atoms with Gasteiger partial charge < -0.3 is 15.7 Å². The van der Waals surface area contributed by atoms with Crippen molar-refractivity contribution >= 4 is 23.6 Å². The van der Waals surface area contributed by atoms with Gasteiger partial charge in [-0.1, -0.05) is 0 Å². The molecule has 0 saturated carbocycles. The van der Waals surface area contributed by atoms with Gasteiger partial charge in [-0.05, 0) is 27.7 Å². The number of nitrogens with two attached hydrogens (primary N) is 1. The Hall–Kier alpha value is -0.750. The lowest BCUT2D eigenvalue weighted by Crippen LogP contribution is -2.58. The Morgan fingerprint density at radius 3 is 2.29 bits per heavy atom. The lowest BCUT2D eigenvalue weighted by molar-refractivity contribution is -0.153. The Kier molecular flexibility index (Phi) is 3.78. The van der Waals surface area contributed by atoms with Gasteiger partial charge in [0.1, 0.15) is 6.04 Å².